The number of fused-ring (bicyclic) bond motifs is 1. The van der Waals surface area contributed by atoms with E-state index in [9.17, 15) is 4.79 Å². The average Bonchev–Trinajstić information content (AvgIpc) is 2.79. The molecule has 0 N–H and O–H groups in total. The van der Waals surface area contributed by atoms with Gasteiger partial charge in [-0.25, -0.2) is 4.79 Å². The Balaban J connectivity index is 1.90. The van der Waals surface area contributed by atoms with Crippen molar-refractivity contribution in [2.24, 2.45) is 0 Å². The molecule has 0 aliphatic carbocycles. The Morgan fingerprint density at radius 2 is 2.05 bits per heavy atom. The van der Waals surface area contributed by atoms with E-state index in [1.165, 1.54) is 4.68 Å². The molecular weight excluding hydrogens is 254 g/mol. The molecule has 0 saturated heterocycles. The van der Waals surface area contributed by atoms with Crippen molar-refractivity contribution in [1.82, 2.24) is 14.8 Å². The second-order valence-electron chi connectivity index (χ2n) is 4.66. The number of para-hydroxylation sites is 1. The third kappa shape index (κ3) is 2.47. The Bertz CT molecular complexity index is 789. The molecular formula is C15H15N3O2. The minimum absolute atomic E-state index is 0.330. The number of nitrogens with zero attached hydrogens (tertiary/aromatic N) is 3. The largest absolute Gasteiger partial charge is 0.437 e. The van der Waals surface area contributed by atoms with Crippen LogP contribution in [-0.4, -0.2) is 14.8 Å². The van der Waals surface area contributed by atoms with Crippen molar-refractivity contribution in [3.63, 3.8) is 0 Å². The number of hydrogen-bond acceptors (Lipinski definition) is 4. The summed E-state index contributed by atoms with van der Waals surface area (Å²) >= 11 is 0. The van der Waals surface area contributed by atoms with Gasteiger partial charge in [0.1, 0.15) is 0 Å². The highest BCUT2D eigenvalue weighted by atomic mass is 16.4. The van der Waals surface area contributed by atoms with Crippen LogP contribution in [0.15, 0.2) is 45.6 Å². The first-order valence-electron chi connectivity index (χ1n) is 6.68. The van der Waals surface area contributed by atoms with Crippen molar-refractivity contribution in [1.29, 1.82) is 0 Å². The van der Waals surface area contributed by atoms with E-state index in [0.29, 0.717) is 18.9 Å². The molecule has 2 heterocycles. The van der Waals surface area contributed by atoms with E-state index in [4.69, 9.17) is 4.42 Å². The van der Waals surface area contributed by atoms with E-state index >= 15 is 0 Å². The summed E-state index contributed by atoms with van der Waals surface area (Å²) in [6, 6.07) is 11.8. The highest BCUT2D eigenvalue weighted by molar-refractivity contribution is 5.78. The van der Waals surface area contributed by atoms with E-state index in [-0.39, 0.29) is 0 Å². The number of aryl methyl sites for hydroxylation is 1. The summed E-state index contributed by atoms with van der Waals surface area (Å²) in [5, 5.41) is 5.25. The topological polar surface area (TPSA) is 60.9 Å². The van der Waals surface area contributed by atoms with Gasteiger partial charge < -0.3 is 4.42 Å². The summed E-state index contributed by atoms with van der Waals surface area (Å²) in [6.45, 7) is 2.35. The number of pyridine rings is 1. The van der Waals surface area contributed by atoms with Gasteiger partial charge in [0, 0.05) is 11.8 Å². The molecule has 0 aliphatic heterocycles. The maximum Gasteiger partial charge on any atom is 0.437 e. The van der Waals surface area contributed by atoms with Crippen LogP contribution in [0, 0.1) is 0 Å². The third-order valence-electron chi connectivity index (χ3n) is 3.08. The highest BCUT2D eigenvalue weighted by Crippen LogP contribution is 2.12. The van der Waals surface area contributed by atoms with Crippen molar-refractivity contribution >= 4 is 10.9 Å². The predicted octanol–water partition coefficient (Wildman–Crippen LogP) is 2.39. The zero-order chi connectivity index (χ0) is 13.9. The lowest BCUT2D eigenvalue weighted by Crippen LogP contribution is -2.17. The quantitative estimate of drug-likeness (QED) is 0.729. The fourth-order valence-corrected chi connectivity index (χ4v) is 2.11. The molecule has 2 aromatic heterocycles. The molecule has 0 fully saturated rings. The van der Waals surface area contributed by atoms with Crippen LogP contribution in [0.3, 0.4) is 0 Å². The number of benzene rings is 1. The third-order valence-corrected chi connectivity index (χ3v) is 3.08. The molecule has 0 atom stereocenters. The van der Waals surface area contributed by atoms with Crippen molar-refractivity contribution in [2.45, 2.75) is 26.3 Å². The summed E-state index contributed by atoms with van der Waals surface area (Å²) in [6.07, 6.45) is 1.57. The first-order valence-corrected chi connectivity index (χ1v) is 6.68. The zero-order valence-corrected chi connectivity index (χ0v) is 11.2. The molecule has 5 heteroatoms. The van der Waals surface area contributed by atoms with E-state index in [2.05, 4.69) is 10.1 Å². The lowest BCUT2D eigenvalue weighted by Gasteiger charge is -2.01. The van der Waals surface area contributed by atoms with Crippen LogP contribution in [0.2, 0.25) is 0 Å². The van der Waals surface area contributed by atoms with Gasteiger partial charge in [-0.05, 0) is 18.6 Å². The second-order valence-corrected chi connectivity index (χ2v) is 4.66. The molecule has 20 heavy (non-hydrogen) atoms. The molecule has 3 aromatic rings. The Hall–Kier alpha value is -2.43. The van der Waals surface area contributed by atoms with Crippen molar-refractivity contribution in [2.75, 3.05) is 0 Å². The second kappa shape index (κ2) is 5.28. The Morgan fingerprint density at radius 3 is 2.90 bits per heavy atom. The van der Waals surface area contributed by atoms with Gasteiger partial charge in [0.15, 0.2) is 0 Å². The van der Waals surface area contributed by atoms with Gasteiger partial charge >= 0.3 is 5.76 Å². The first-order chi connectivity index (χ1) is 9.76. The van der Waals surface area contributed by atoms with E-state index in [0.717, 1.165) is 23.0 Å². The summed E-state index contributed by atoms with van der Waals surface area (Å²) in [5.41, 5.74) is 1.71. The fourth-order valence-electron chi connectivity index (χ4n) is 2.11. The van der Waals surface area contributed by atoms with Crippen LogP contribution in [0.25, 0.3) is 10.9 Å². The Morgan fingerprint density at radius 1 is 1.20 bits per heavy atom. The molecule has 0 aliphatic rings. The smallest absolute Gasteiger partial charge is 0.392 e. The van der Waals surface area contributed by atoms with Gasteiger partial charge in [-0.15, -0.1) is 5.10 Å². The van der Waals surface area contributed by atoms with Crippen molar-refractivity contribution in [3.05, 3.63) is 58.5 Å². The van der Waals surface area contributed by atoms with Crippen LogP contribution in [0.1, 0.15) is 24.9 Å². The van der Waals surface area contributed by atoms with Crippen LogP contribution in [0.5, 0.6) is 0 Å². The summed E-state index contributed by atoms with van der Waals surface area (Å²) < 4.78 is 6.40. The molecule has 0 unspecified atom stereocenters. The minimum Gasteiger partial charge on any atom is -0.392 e. The number of aromatic nitrogens is 3. The average molecular weight is 269 g/mol. The van der Waals surface area contributed by atoms with Gasteiger partial charge in [-0.2, -0.15) is 4.68 Å². The highest BCUT2D eigenvalue weighted by Gasteiger charge is 2.08. The molecule has 5 nitrogen and oxygen atoms in total. The Kier molecular flexibility index (Phi) is 3.33. The predicted molar refractivity (Wildman–Crippen MR) is 75.6 cm³/mol. The van der Waals surface area contributed by atoms with Crippen molar-refractivity contribution < 1.29 is 4.42 Å². The van der Waals surface area contributed by atoms with E-state index in [1.54, 1.807) is 0 Å². The van der Waals surface area contributed by atoms with Crippen LogP contribution < -0.4 is 5.76 Å². The number of rotatable bonds is 4. The van der Waals surface area contributed by atoms with E-state index < -0.39 is 5.76 Å². The van der Waals surface area contributed by atoms with Gasteiger partial charge in [-0.3, -0.25) is 4.98 Å². The zero-order valence-electron chi connectivity index (χ0n) is 11.2. The molecule has 0 amide bonds. The molecule has 0 spiro atoms. The van der Waals surface area contributed by atoms with Gasteiger partial charge in [0.2, 0.25) is 5.89 Å². The van der Waals surface area contributed by atoms with Crippen LogP contribution in [0.4, 0.5) is 0 Å². The number of hydrogen-bond donors (Lipinski definition) is 0. The summed E-state index contributed by atoms with van der Waals surface area (Å²) in [5.74, 6) is 0.0571. The SMILES string of the molecule is CCCc1nn(Cc2ccc3ccccc3n2)c(=O)o1. The monoisotopic (exact) mass is 269 g/mol. The fraction of sp³-hybridized carbons (Fsp3) is 0.267. The molecule has 102 valence electrons. The summed E-state index contributed by atoms with van der Waals surface area (Å²) in [4.78, 5) is 16.2. The summed E-state index contributed by atoms with van der Waals surface area (Å²) in [7, 11) is 0. The van der Waals surface area contributed by atoms with E-state index in [1.807, 2.05) is 43.3 Å². The van der Waals surface area contributed by atoms with Gasteiger partial charge in [-0.1, -0.05) is 31.2 Å². The minimum atomic E-state index is -0.427. The lowest BCUT2D eigenvalue weighted by molar-refractivity contribution is 0.448. The van der Waals surface area contributed by atoms with Crippen LogP contribution >= 0.6 is 0 Å². The standard InChI is InChI=1S/C15H15N3O2/c1-2-5-14-17-18(15(19)20-14)10-12-9-8-11-6-3-4-7-13(11)16-12/h3-4,6-9H,2,5,10H2,1H3. The maximum absolute atomic E-state index is 11.7. The molecule has 1 aromatic carbocycles. The molecule has 3 rings (SSSR count). The van der Waals surface area contributed by atoms with Gasteiger partial charge in [0.05, 0.1) is 17.8 Å². The van der Waals surface area contributed by atoms with Crippen molar-refractivity contribution in [3.8, 4) is 0 Å². The lowest BCUT2D eigenvalue weighted by atomic mass is 10.2. The first kappa shape index (κ1) is 12.6. The molecule has 0 radical (unpaired) electrons. The van der Waals surface area contributed by atoms with Crippen LogP contribution in [-0.2, 0) is 13.0 Å². The molecule has 0 bridgehead atoms. The molecule has 0 saturated carbocycles. The normalized spacial score (nSPS) is 11.1. The van der Waals surface area contributed by atoms with Gasteiger partial charge in [0.25, 0.3) is 0 Å². The maximum atomic E-state index is 11.7. The Labute approximate surface area is 115 Å².